The van der Waals surface area contributed by atoms with Gasteiger partial charge in [-0.05, 0) is 10.4 Å². The molecule has 1 aliphatic carbocycles. The fourth-order valence-electron chi connectivity index (χ4n) is 4.61. The van der Waals surface area contributed by atoms with E-state index in [0.29, 0.717) is 0 Å². The highest BCUT2D eigenvalue weighted by molar-refractivity contribution is 7.16. The van der Waals surface area contributed by atoms with Crippen LogP contribution in [0.4, 0.5) is 0 Å². The summed E-state index contributed by atoms with van der Waals surface area (Å²) < 4.78 is 4.50. The first-order valence-electron chi connectivity index (χ1n) is 9.90. The monoisotopic (exact) mass is 407 g/mol. The maximum absolute atomic E-state index is 4.40. The van der Waals surface area contributed by atoms with Gasteiger partial charge in [-0.2, -0.15) is 0 Å². The van der Waals surface area contributed by atoms with Gasteiger partial charge in [0, 0.05) is 4.66 Å². The number of nitrogens with one attached hydrogen (secondary N) is 1. The topological polar surface area (TPSA) is 12.0 Å². The third-order valence-corrected chi connectivity index (χ3v) is 20.3. The highest BCUT2D eigenvalue weighted by Crippen LogP contribution is 2.50. The molecule has 0 bridgehead atoms. The summed E-state index contributed by atoms with van der Waals surface area (Å²) in [6, 6.07) is 22.6. The molecule has 0 aromatic heterocycles. The van der Waals surface area contributed by atoms with E-state index in [-0.39, 0.29) is 4.66 Å². The first-order chi connectivity index (χ1) is 12.6. The quantitative estimate of drug-likeness (QED) is 0.671. The van der Waals surface area contributed by atoms with Crippen LogP contribution >= 0.6 is 0 Å². The average Bonchev–Trinajstić information content (AvgIpc) is 3.12. The maximum atomic E-state index is 4.40. The van der Waals surface area contributed by atoms with Gasteiger partial charge >= 0.3 is 0 Å². The molecule has 0 spiro atoms. The molecule has 0 fully saturated rings. The van der Waals surface area contributed by atoms with Crippen LogP contribution in [0.15, 0.2) is 85.0 Å². The molecular weight excluding hydrogens is 375 g/mol. The summed E-state index contributed by atoms with van der Waals surface area (Å²) in [5, 5.41) is 2.99. The van der Waals surface area contributed by atoms with Crippen molar-refractivity contribution in [2.75, 3.05) is 0 Å². The van der Waals surface area contributed by atoms with Crippen LogP contribution in [0.5, 0.6) is 0 Å². The molecule has 0 radical (unpaired) electrons. The van der Waals surface area contributed by atoms with Crippen molar-refractivity contribution in [1.29, 1.82) is 0 Å². The zero-order valence-electron chi connectivity index (χ0n) is 17.6. The van der Waals surface area contributed by atoms with Crippen LogP contribution in [0.25, 0.3) is 0 Å². The van der Waals surface area contributed by atoms with Crippen molar-refractivity contribution in [3.63, 3.8) is 0 Å². The number of hydrogen-bond donors (Lipinski definition) is 1. The predicted molar refractivity (Wildman–Crippen MR) is 129 cm³/mol. The van der Waals surface area contributed by atoms with Gasteiger partial charge in [-0.3, -0.25) is 0 Å². The lowest BCUT2D eigenvalue weighted by atomic mass is 10.4. The molecule has 0 amide bonds. The van der Waals surface area contributed by atoms with Gasteiger partial charge in [0.15, 0.2) is 8.24 Å². The summed E-state index contributed by atoms with van der Waals surface area (Å²) in [7, 11) is -5.55. The zero-order chi connectivity index (χ0) is 19.8. The molecule has 2 aromatic rings. The van der Waals surface area contributed by atoms with Gasteiger partial charge in [0.05, 0.1) is 8.07 Å². The Kier molecular flexibility index (Phi) is 5.38. The van der Waals surface area contributed by atoms with E-state index in [2.05, 4.69) is 129 Å². The van der Waals surface area contributed by atoms with E-state index in [9.17, 15) is 0 Å². The average molecular weight is 408 g/mol. The van der Waals surface area contributed by atoms with Crippen LogP contribution < -0.4 is 15.0 Å². The lowest BCUT2D eigenvalue weighted by Gasteiger charge is -2.54. The number of allylic oxidation sites excluding steroid dienone is 4. The Morgan fingerprint density at radius 1 is 0.630 bits per heavy atom. The number of benzene rings is 2. The SMILES string of the molecule is C[Si](C)(C)N[Si](c1ccccc1)(c1ccccc1)C1([Si](C)(C)C)C=CC=C1. The Morgan fingerprint density at radius 3 is 1.37 bits per heavy atom. The van der Waals surface area contributed by atoms with E-state index in [1.54, 1.807) is 0 Å². The Hall–Kier alpha value is -1.47. The Morgan fingerprint density at radius 2 is 1.04 bits per heavy atom. The molecule has 0 saturated heterocycles. The first kappa shape index (κ1) is 20.3. The second kappa shape index (κ2) is 7.17. The summed E-state index contributed by atoms with van der Waals surface area (Å²) >= 11 is 0. The fraction of sp³-hybridized carbons (Fsp3) is 0.304. The third-order valence-electron chi connectivity index (χ3n) is 5.67. The van der Waals surface area contributed by atoms with Gasteiger partial charge in [-0.15, -0.1) is 0 Å². The molecule has 142 valence electrons. The summed E-state index contributed by atoms with van der Waals surface area (Å²) in [4.78, 5) is 0. The van der Waals surface area contributed by atoms with Crippen molar-refractivity contribution in [3.8, 4) is 0 Å². The lowest BCUT2D eigenvalue weighted by Crippen LogP contribution is -2.82. The maximum Gasteiger partial charge on any atom is 0.194 e. The molecule has 0 atom stereocenters. The molecule has 2 aromatic carbocycles. The first-order valence-corrected chi connectivity index (χ1v) is 18.9. The summed E-state index contributed by atoms with van der Waals surface area (Å²) in [5.74, 6) is 0. The fourth-order valence-corrected chi connectivity index (χ4v) is 21.6. The van der Waals surface area contributed by atoms with Gasteiger partial charge in [0.1, 0.15) is 8.24 Å². The summed E-state index contributed by atoms with van der Waals surface area (Å²) in [6.45, 7) is 14.9. The highest BCUT2D eigenvalue weighted by atomic mass is 28.4. The molecule has 1 nitrogen and oxygen atoms in total. The Balaban J connectivity index is 2.45. The minimum atomic E-state index is -2.34. The van der Waals surface area contributed by atoms with E-state index >= 15 is 0 Å². The predicted octanol–water partition coefficient (Wildman–Crippen LogP) is 4.91. The van der Waals surface area contributed by atoms with Crippen LogP contribution in [-0.2, 0) is 0 Å². The standard InChI is InChI=1S/C23H33NSi3/c1-25(2,3)23(19-13-14-20-23)27(24-26(4,5)6,21-15-9-7-10-16-21)22-17-11-8-12-18-22/h7-20,24H,1-6H3. The van der Waals surface area contributed by atoms with Crippen molar-refractivity contribution in [1.82, 2.24) is 4.65 Å². The minimum absolute atomic E-state index is 0.100. The van der Waals surface area contributed by atoms with Crippen LogP contribution in [0.2, 0.25) is 43.9 Å². The second-order valence-electron chi connectivity index (χ2n) is 9.69. The van der Waals surface area contributed by atoms with E-state index in [4.69, 9.17) is 0 Å². The van der Waals surface area contributed by atoms with E-state index in [0.717, 1.165) is 0 Å². The Bertz CT molecular complexity index is 776. The van der Waals surface area contributed by atoms with Gasteiger partial charge in [0.2, 0.25) is 0 Å². The smallest absolute Gasteiger partial charge is 0.194 e. The van der Waals surface area contributed by atoms with Gasteiger partial charge in [0.25, 0.3) is 0 Å². The summed E-state index contributed by atoms with van der Waals surface area (Å²) in [6.07, 6.45) is 9.66. The van der Waals surface area contributed by atoms with Crippen LogP contribution in [0.3, 0.4) is 0 Å². The number of hydrogen-bond acceptors (Lipinski definition) is 1. The minimum Gasteiger partial charge on any atom is -0.352 e. The molecule has 0 aliphatic heterocycles. The van der Waals surface area contributed by atoms with Crippen molar-refractivity contribution < 1.29 is 0 Å². The van der Waals surface area contributed by atoms with Crippen molar-refractivity contribution in [2.45, 2.75) is 43.9 Å². The van der Waals surface area contributed by atoms with Crippen molar-refractivity contribution >= 4 is 34.9 Å². The molecule has 4 heteroatoms. The summed E-state index contributed by atoms with van der Waals surface area (Å²) in [5.41, 5.74) is 0. The van der Waals surface area contributed by atoms with Crippen molar-refractivity contribution in [2.24, 2.45) is 0 Å². The second-order valence-corrected chi connectivity index (χ2v) is 24.5. The molecule has 1 N–H and O–H groups in total. The lowest BCUT2D eigenvalue weighted by molar-refractivity contribution is 1.07. The molecule has 27 heavy (non-hydrogen) atoms. The molecule has 0 unspecified atom stereocenters. The molecule has 0 heterocycles. The van der Waals surface area contributed by atoms with Crippen LogP contribution in [0, 0.1) is 0 Å². The van der Waals surface area contributed by atoms with Crippen molar-refractivity contribution in [3.05, 3.63) is 85.0 Å². The van der Waals surface area contributed by atoms with Gasteiger partial charge < -0.3 is 4.65 Å². The number of rotatable bonds is 6. The third kappa shape index (κ3) is 3.51. The van der Waals surface area contributed by atoms with Gasteiger partial charge in [-0.25, -0.2) is 0 Å². The molecule has 3 rings (SSSR count). The van der Waals surface area contributed by atoms with Gasteiger partial charge in [-0.1, -0.05) is 124 Å². The molecular formula is C23H33NSi3. The van der Waals surface area contributed by atoms with E-state index < -0.39 is 24.5 Å². The highest BCUT2D eigenvalue weighted by Gasteiger charge is 2.61. The van der Waals surface area contributed by atoms with E-state index in [1.165, 1.54) is 10.4 Å². The van der Waals surface area contributed by atoms with Crippen LogP contribution in [-0.4, -0.2) is 24.5 Å². The molecule has 1 aliphatic rings. The van der Waals surface area contributed by atoms with Crippen LogP contribution in [0.1, 0.15) is 0 Å². The largest absolute Gasteiger partial charge is 0.352 e. The normalized spacial score (nSPS) is 16.7. The Labute approximate surface area is 168 Å². The van der Waals surface area contributed by atoms with E-state index in [1.807, 2.05) is 0 Å². The molecule has 0 saturated carbocycles. The zero-order valence-corrected chi connectivity index (χ0v) is 20.6.